The topological polar surface area (TPSA) is 66.3 Å². The Bertz CT molecular complexity index is 368. The van der Waals surface area contributed by atoms with Gasteiger partial charge in [-0.2, -0.15) is 0 Å². The van der Waals surface area contributed by atoms with Gasteiger partial charge in [0.15, 0.2) is 5.69 Å². The molecule has 0 aliphatic heterocycles. The molecular weight excluding hydrogens is 262 g/mol. The maximum Gasteiger partial charge on any atom is 0.355 e. The molecule has 0 bridgehead atoms. The van der Waals surface area contributed by atoms with Crippen LogP contribution in [0.5, 0.6) is 0 Å². The van der Waals surface area contributed by atoms with Crippen molar-refractivity contribution in [1.82, 2.24) is 14.9 Å². The van der Waals surface area contributed by atoms with Gasteiger partial charge in [-0.15, -0.1) is 0 Å². The number of rotatable bonds is 4. The number of aromatic nitrogens is 2. The number of nitrogens with zero attached hydrogens (tertiary/aromatic N) is 3. The average molecular weight is 274 g/mol. The zero-order valence-corrected chi connectivity index (χ0v) is 10.2. The lowest BCUT2D eigenvalue weighted by atomic mass is 10.3. The van der Waals surface area contributed by atoms with E-state index < -0.39 is 5.97 Å². The van der Waals surface area contributed by atoms with Gasteiger partial charge < -0.3 is 10.0 Å². The van der Waals surface area contributed by atoms with Crippen LogP contribution in [0.2, 0.25) is 0 Å². The van der Waals surface area contributed by atoms with Crippen molar-refractivity contribution in [2.24, 2.45) is 0 Å². The highest BCUT2D eigenvalue weighted by Crippen LogP contribution is 2.13. The molecule has 0 radical (unpaired) electrons. The van der Waals surface area contributed by atoms with E-state index in [0.717, 1.165) is 6.54 Å². The monoisotopic (exact) mass is 273 g/mol. The summed E-state index contributed by atoms with van der Waals surface area (Å²) in [6.45, 7) is 0.792. The van der Waals surface area contributed by atoms with Crippen LogP contribution in [0, 0.1) is 0 Å². The standard InChI is InChI=1S/C9H12BrN3O2/c1-13(2)4-3-7-11-5-6(10)8(12-7)9(14)15/h5H,3-4H2,1-2H3,(H,14,15). The summed E-state index contributed by atoms with van der Waals surface area (Å²) in [4.78, 5) is 20.8. The first kappa shape index (κ1) is 12.1. The van der Waals surface area contributed by atoms with E-state index >= 15 is 0 Å². The third-order valence-electron chi connectivity index (χ3n) is 1.78. The minimum Gasteiger partial charge on any atom is -0.476 e. The van der Waals surface area contributed by atoms with Crippen LogP contribution >= 0.6 is 15.9 Å². The Morgan fingerprint density at radius 3 is 2.80 bits per heavy atom. The first-order valence-corrected chi connectivity index (χ1v) is 5.19. The molecule has 6 heteroatoms. The van der Waals surface area contributed by atoms with Crippen LogP contribution in [0.4, 0.5) is 0 Å². The summed E-state index contributed by atoms with van der Waals surface area (Å²) in [5.41, 5.74) is 0.0127. The van der Waals surface area contributed by atoms with Gasteiger partial charge in [-0.1, -0.05) is 0 Å². The fraction of sp³-hybridized carbons (Fsp3) is 0.444. The molecular formula is C9H12BrN3O2. The highest BCUT2D eigenvalue weighted by molar-refractivity contribution is 9.10. The van der Waals surface area contributed by atoms with Crippen LogP contribution in [0.15, 0.2) is 10.7 Å². The zero-order valence-electron chi connectivity index (χ0n) is 8.57. The number of likely N-dealkylation sites (N-methyl/N-ethyl adjacent to an activating group) is 1. The first-order chi connectivity index (χ1) is 7.00. The molecule has 1 aromatic rings. The van der Waals surface area contributed by atoms with E-state index in [2.05, 4.69) is 25.9 Å². The number of aromatic carboxylic acids is 1. The molecule has 1 N–H and O–H groups in total. The van der Waals surface area contributed by atoms with E-state index in [9.17, 15) is 4.79 Å². The van der Waals surface area contributed by atoms with Crippen LogP contribution in [-0.2, 0) is 6.42 Å². The van der Waals surface area contributed by atoms with Crippen LogP contribution in [-0.4, -0.2) is 46.6 Å². The summed E-state index contributed by atoms with van der Waals surface area (Å²) < 4.78 is 0.406. The molecule has 0 saturated heterocycles. The summed E-state index contributed by atoms with van der Waals surface area (Å²) in [5.74, 6) is -0.500. The van der Waals surface area contributed by atoms with E-state index in [0.29, 0.717) is 16.7 Å². The molecule has 0 amide bonds. The Morgan fingerprint density at radius 1 is 1.60 bits per heavy atom. The summed E-state index contributed by atoms with van der Waals surface area (Å²) in [5, 5.41) is 8.84. The predicted octanol–water partition coefficient (Wildman–Crippen LogP) is 1.04. The van der Waals surface area contributed by atoms with Crippen molar-refractivity contribution in [1.29, 1.82) is 0 Å². The maximum atomic E-state index is 10.8. The van der Waals surface area contributed by atoms with E-state index in [1.54, 1.807) is 0 Å². The molecule has 0 aliphatic carbocycles. The minimum absolute atomic E-state index is 0.0127. The summed E-state index contributed by atoms with van der Waals surface area (Å²) in [7, 11) is 3.88. The Labute approximate surface area is 96.3 Å². The van der Waals surface area contributed by atoms with Gasteiger partial charge in [0.05, 0.1) is 4.47 Å². The number of halogens is 1. The molecule has 15 heavy (non-hydrogen) atoms. The second kappa shape index (κ2) is 5.18. The Morgan fingerprint density at radius 2 is 2.27 bits per heavy atom. The van der Waals surface area contributed by atoms with E-state index in [1.807, 2.05) is 19.0 Å². The summed E-state index contributed by atoms with van der Waals surface area (Å²) in [6, 6.07) is 0. The SMILES string of the molecule is CN(C)CCc1ncc(Br)c(C(=O)O)n1. The van der Waals surface area contributed by atoms with Crippen molar-refractivity contribution in [3.8, 4) is 0 Å². The molecule has 1 rings (SSSR count). The van der Waals surface area contributed by atoms with Crippen LogP contribution in [0.25, 0.3) is 0 Å². The predicted molar refractivity (Wildman–Crippen MR) is 58.9 cm³/mol. The van der Waals surface area contributed by atoms with Gasteiger partial charge >= 0.3 is 5.97 Å². The van der Waals surface area contributed by atoms with Gasteiger partial charge in [-0.3, -0.25) is 0 Å². The van der Waals surface area contributed by atoms with Gasteiger partial charge in [0.25, 0.3) is 0 Å². The molecule has 0 aliphatic rings. The number of hydrogen-bond acceptors (Lipinski definition) is 4. The van der Waals surface area contributed by atoms with Crippen LogP contribution < -0.4 is 0 Å². The molecule has 0 unspecified atom stereocenters. The van der Waals surface area contributed by atoms with Gasteiger partial charge in [-0.05, 0) is 30.0 Å². The van der Waals surface area contributed by atoms with Crippen molar-refractivity contribution < 1.29 is 9.90 Å². The molecule has 1 heterocycles. The fourth-order valence-electron chi connectivity index (χ4n) is 0.998. The minimum atomic E-state index is -1.05. The molecule has 0 atom stereocenters. The number of carbonyl (C=O) groups is 1. The third kappa shape index (κ3) is 3.56. The number of carboxylic acids is 1. The van der Waals surface area contributed by atoms with Crippen molar-refractivity contribution >= 4 is 21.9 Å². The summed E-state index contributed by atoms with van der Waals surface area (Å²) in [6.07, 6.45) is 2.11. The second-order valence-electron chi connectivity index (χ2n) is 3.34. The second-order valence-corrected chi connectivity index (χ2v) is 4.20. The Kier molecular flexibility index (Phi) is 4.16. The number of hydrogen-bond donors (Lipinski definition) is 1. The number of carboxylic acid groups (broad SMARTS) is 1. The lowest BCUT2D eigenvalue weighted by molar-refractivity contribution is 0.0688. The van der Waals surface area contributed by atoms with E-state index in [1.165, 1.54) is 6.20 Å². The molecule has 82 valence electrons. The van der Waals surface area contributed by atoms with Crippen molar-refractivity contribution in [2.75, 3.05) is 20.6 Å². The van der Waals surface area contributed by atoms with E-state index in [4.69, 9.17) is 5.11 Å². The quantitative estimate of drug-likeness (QED) is 0.888. The largest absolute Gasteiger partial charge is 0.476 e. The lowest BCUT2D eigenvalue weighted by Crippen LogP contribution is -2.17. The van der Waals surface area contributed by atoms with Gasteiger partial charge in [0.1, 0.15) is 5.82 Å². The molecule has 1 aromatic heterocycles. The van der Waals surface area contributed by atoms with Crippen LogP contribution in [0.1, 0.15) is 16.3 Å². The zero-order chi connectivity index (χ0) is 11.4. The highest BCUT2D eigenvalue weighted by atomic mass is 79.9. The van der Waals surface area contributed by atoms with Crippen molar-refractivity contribution in [3.63, 3.8) is 0 Å². The molecule has 0 spiro atoms. The lowest BCUT2D eigenvalue weighted by Gasteiger charge is -2.08. The van der Waals surface area contributed by atoms with Gasteiger partial charge in [0.2, 0.25) is 0 Å². The van der Waals surface area contributed by atoms with Gasteiger partial charge in [-0.25, -0.2) is 14.8 Å². The van der Waals surface area contributed by atoms with E-state index in [-0.39, 0.29) is 5.69 Å². The molecule has 0 saturated carbocycles. The molecule has 0 fully saturated rings. The molecule has 0 aromatic carbocycles. The summed E-state index contributed by atoms with van der Waals surface area (Å²) >= 11 is 3.09. The first-order valence-electron chi connectivity index (χ1n) is 4.40. The fourth-order valence-corrected chi connectivity index (χ4v) is 1.36. The van der Waals surface area contributed by atoms with Crippen LogP contribution in [0.3, 0.4) is 0 Å². The van der Waals surface area contributed by atoms with Crippen molar-refractivity contribution in [3.05, 3.63) is 22.2 Å². The van der Waals surface area contributed by atoms with Crippen molar-refractivity contribution in [2.45, 2.75) is 6.42 Å². The third-order valence-corrected chi connectivity index (χ3v) is 2.36. The molecule has 5 nitrogen and oxygen atoms in total. The Balaban J connectivity index is 2.83. The normalized spacial score (nSPS) is 10.7. The van der Waals surface area contributed by atoms with Gasteiger partial charge in [0, 0.05) is 19.2 Å². The highest BCUT2D eigenvalue weighted by Gasteiger charge is 2.11. The smallest absolute Gasteiger partial charge is 0.355 e. The maximum absolute atomic E-state index is 10.8. The Hall–Kier alpha value is -1.01. The average Bonchev–Trinajstić information content (AvgIpc) is 2.16.